The Bertz CT molecular complexity index is 749. The normalized spacial score (nSPS) is 13.9. The lowest BCUT2D eigenvalue weighted by molar-refractivity contribution is -0.119. The zero-order valence-corrected chi connectivity index (χ0v) is 16.6. The Labute approximate surface area is 163 Å². The summed E-state index contributed by atoms with van der Waals surface area (Å²) in [5, 5.41) is 3.05. The van der Waals surface area contributed by atoms with E-state index in [0.29, 0.717) is 19.0 Å². The Morgan fingerprint density at radius 1 is 1.12 bits per heavy atom. The van der Waals surface area contributed by atoms with Crippen molar-refractivity contribution in [3.63, 3.8) is 0 Å². The number of amides is 1. The van der Waals surface area contributed by atoms with Crippen molar-refractivity contribution in [1.29, 1.82) is 0 Å². The smallest absolute Gasteiger partial charge is 0.230 e. The first-order chi connectivity index (χ1) is 12.7. The molecule has 1 N–H and O–H groups in total. The summed E-state index contributed by atoms with van der Waals surface area (Å²) in [6.45, 7) is 3.12. The molecule has 0 spiro atoms. The molecule has 3 rings (SSSR count). The van der Waals surface area contributed by atoms with Crippen LogP contribution in [0, 0.1) is 0 Å². The molecule has 1 unspecified atom stereocenters. The molecular weight excluding hydrogens is 366 g/mol. The summed E-state index contributed by atoms with van der Waals surface area (Å²) in [6.07, 6.45) is 2.07. The van der Waals surface area contributed by atoms with Gasteiger partial charge in [-0.15, -0.1) is 23.5 Å². The molecule has 6 heteroatoms. The number of nitrogens with one attached hydrogen (secondary N) is 1. The highest BCUT2D eigenvalue weighted by molar-refractivity contribution is 7.99. The first-order valence-electron chi connectivity index (χ1n) is 8.55. The molecule has 1 aliphatic heterocycles. The molecule has 0 radical (unpaired) electrons. The number of hydrogen-bond acceptors (Lipinski definition) is 5. The van der Waals surface area contributed by atoms with Crippen LogP contribution in [0.3, 0.4) is 0 Å². The van der Waals surface area contributed by atoms with Gasteiger partial charge in [0.15, 0.2) is 11.5 Å². The fraction of sp³-hybridized carbons (Fsp3) is 0.350. The fourth-order valence-corrected chi connectivity index (χ4v) is 3.89. The lowest BCUT2D eigenvalue weighted by atomic mass is 10.1. The first-order valence-corrected chi connectivity index (χ1v) is 10.9. The third-order valence-corrected chi connectivity index (χ3v) is 5.85. The molecule has 2 aromatic rings. The molecule has 0 aliphatic carbocycles. The largest absolute Gasteiger partial charge is 0.486 e. The van der Waals surface area contributed by atoms with Crippen LogP contribution in [-0.4, -0.2) is 31.1 Å². The van der Waals surface area contributed by atoms with Crippen LogP contribution in [0.15, 0.2) is 47.4 Å². The number of rotatable bonds is 7. The van der Waals surface area contributed by atoms with Crippen LogP contribution in [0.2, 0.25) is 0 Å². The lowest BCUT2D eigenvalue weighted by Crippen LogP contribution is -2.28. The molecule has 0 fully saturated rings. The van der Waals surface area contributed by atoms with Gasteiger partial charge >= 0.3 is 0 Å². The Balaban J connectivity index is 1.46. The quantitative estimate of drug-likeness (QED) is 0.716. The molecule has 1 amide bonds. The second-order valence-corrected chi connectivity index (χ2v) is 7.90. The SMILES string of the molecule is CSc1ccc(CSCC(=O)NC(C)c2ccc3c(c2)OCCO3)cc1. The van der Waals surface area contributed by atoms with Gasteiger partial charge in [-0.05, 0) is 48.6 Å². The van der Waals surface area contributed by atoms with E-state index in [1.54, 1.807) is 23.5 Å². The second kappa shape index (κ2) is 9.24. The summed E-state index contributed by atoms with van der Waals surface area (Å²) < 4.78 is 11.1. The second-order valence-electron chi connectivity index (χ2n) is 6.03. The molecule has 0 saturated carbocycles. The predicted molar refractivity (Wildman–Crippen MR) is 108 cm³/mol. The number of carbonyl (C=O) groups excluding carboxylic acids is 1. The van der Waals surface area contributed by atoms with Crippen LogP contribution in [0.25, 0.3) is 0 Å². The Morgan fingerprint density at radius 3 is 2.58 bits per heavy atom. The van der Waals surface area contributed by atoms with E-state index in [4.69, 9.17) is 9.47 Å². The highest BCUT2D eigenvalue weighted by atomic mass is 32.2. The average Bonchev–Trinajstić information content (AvgIpc) is 2.68. The minimum absolute atomic E-state index is 0.0399. The maximum Gasteiger partial charge on any atom is 0.230 e. The summed E-state index contributed by atoms with van der Waals surface area (Å²) >= 11 is 3.36. The zero-order chi connectivity index (χ0) is 18.4. The maximum atomic E-state index is 12.2. The fourth-order valence-electron chi connectivity index (χ4n) is 2.68. The van der Waals surface area contributed by atoms with Crippen molar-refractivity contribution in [3.05, 3.63) is 53.6 Å². The first kappa shape index (κ1) is 19.0. The van der Waals surface area contributed by atoms with Gasteiger partial charge in [-0.25, -0.2) is 0 Å². The van der Waals surface area contributed by atoms with Gasteiger partial charge in [0, 0.05) is 10.6 Å². The van der Waals surface area contributed by atoms with Crippen LogP contribution in [-0.2, 0) is 10.5 Å². The number of fused-ring (bicyclic) bond motifs is 1. The van der Waals surface area contributed by atoms with E-state index in [-0.39, 0.29) is 11.9 Å². The van der Waals surface area contributed by atoms with Gasteiger partial charge in [0.1, 0.15) is 13.2 Å². The van der Waals surface area contributed by atoms with Crippen molar-refractivity contribution < 1.29 is 14.3 Å². The Morgan fingerprint density at radius 2 is 1.85 bits per heavy atom. The number of hydrogen-bond donors (Lipinski definition) is 1. The van der Waals surface area contributed by atoms with E-state index in [1.165, 1.54) is 10.5 Å². The maximum absolute atomic E-state index is 12.2. The number of ether oxygens (including phenoxy) is 2. The van der Waals surface area contributed by atoms with Crippen LogP contribution >= 0.6 is 23.5 Å². The van der Waals surface area contributed by atoms with E-state index < -0.39 is 0 Å². The molecule has 4 nitrogen and oxygen atoms in total. The van der Waals surface area contributed by atoms with Gasteiger partial charge in [0.2, 0.25) is 5.91 Å². The highest BCUT2D eigenvalue weighted by Gasteiger charge is 2.15. The lowest BCUT2D eigenvalue weighted by Gasteiger charge is -2.21. The topological polar surface area (TPSA) is 47.6 Å². The Kier molecular flexibility index (Phi) is 6.74. The highest BCUT2D eigenvalue weighted by Crippen LogP contribution is 2.32. The molecule has 1 heterocycles. The van der Waals surface area contributed by atoms with Crippen molar-refractivity contribution in [2.24, 2.45) is 0 Å². The van der Waals surface area contributed by atoms with Gasteiger partial charge in [-0.1, -0.05) is 18.2 Å². The van der Waals surface area contributed by atoms with Gasteiger partial charge in [-0.3, -0.25) is 4.79 Å². The summed E-state index contributed by atoms with van der Waals surface area (Å²) in [5.74, 6) is 2.83. The van der Waals surface area contributed by atoms with E-state index in [0.717, 1.165) is 22.8 Å². The summed E-state index contributed by atoms with van der Waals surface area (Å²) in [4.78, 5) is 13.5. The molecule has 0 aromatic heterocycles. The minimum Gasteiger partial charge on any atom is -0.486 e. The predicted octanol–water partition coefficient (Wildman–Crippen LogP) is 4.29. The third kappa shape index (κ3) is 5.11. The van der Waals surface area contributed by atoms with Crippen LogP contribution < -0.4 is 14.8 Å². The molecule has 0 saturated heterocycles. The van der Waals surface area contributed by atoms with Crippen molar-refractivity contribution in [2.75, 3.05) is 25.2 Å². The van der Waals surface area contributed by atoms with Crippen molar-refractivity contribution in [3.8, 4) is 11.5 Å². The molecule has 1 atom stereocenters. The van der Waals surface area contributed by atoms with Gasteiger partial charge in [0.25, 0.3) is 0 Å². The molecular formula is C20H23NO3S2. The van der Waals surface area contributed by atoms with Crippen LogP contribution in [0.4, 0.5) is 0 Å². The summed E-state index contributed by atoms with van der Waals surface area (Å²) in [7, 11) is 0. The van der Waals surface area contributed by atoms with Crippen molar-refractivity contribution >= 4 is 29.4 Å². The monoisotopic (exact) mass is 389 g/mol. The van der Waals surface area contributed by atoms with E-state index in [9.17, 15) is 4.79 Å². The van der Waals surface area contributed by atoms with Gasteiger partial charge in [-0.2, -0.15) is 0 Å². The molecule has 138 valence electrons. The molecule has 1 aliphatic rings. The van der Waals surface area contributed by atoms with E-state index >= 15 is 0 Å². The average molecular weight is 390 g/mol. The van der Waals surface area contributed by atoms with E-state index in [2.05, 4.69) is 35.8 Å². The van der Waals surface area contributed by atoms with Gasteiger partial charge < -0.3 is 14.8 Å². The van der Waals surface area contributed by atoms with Crippen molar-refractivity contribution in [2.45, 2.75) is 23.6 Å². The number of thioether (sulfide) groups is 2. The Hall–Kier alpha value is -1.79. The van der Waals surface area contributed by atoms with Crippen molar-refractivity contribution in [1.82, 2.24) is 5.32 Å². The van der Waals surface area contributed by atoms with Crippen LogP contribution in [0.5, 0.6) is 11.5 Å². The zero-order valence-electron chi connectivity index (χ0n) is 15.0. The number of carbonyl (C=O) groups is 1. The molecule has 26 heavy (non-hydrogen) atoms. The summed E-state index contributed by atoms with van der Waals surface area (Å²) in [5.41, 5.74) is 2.25. The standard InChI is InChI=1S/C20H23NO3S2/c1-14(16-5-8-18-19(11-16)24-10-9-23-18)21-20(22)13-26-12-15-3-6-17(25-2)7-4-15/h3-8,11,14H,9-10,12-13H2,1-2H3,(H,21,22). The van der Waals surface area contributed by atoms with Gasteiger partial charge in [0.05, 0.1) is 11.8 Å². The number of benzene rings is 2. The molecule has 0 bridgehead atoms. The minimum atomic E-state index is -0.0696. The third-order valence-electron chi connectivity index (χ3n) is 4.10. The van der Waals surface area contributed by atoms with Crippen LogP contribution in [0.1, 0.15) is 24.1 Å². The summed E-state index contributed by atoms with van der Waals surface area (Å²) in [6, 6.07) is 14.2. The molecule has 2 aromatic carbocycles. The van der Waals surface area contributed by atoms with E-state index in [1.807, 2.05) is 25.1 Å².